The van der Waals surface area contributed by atoms with Crippen LogP contribution in [0.2, 0.25) is 0 Å². The third-order valence-electron chi connectivity index (χ3n) is 6.12. The molecule has 1 aliphatic heterocycles. The van der Waals surface area contributed by atoms with Gasteiger partial charge in [0.1, 0.15) is 5.72 Å². The highest BCUT2D eigenvalue weighted by Gasteiger charge is 2.53. The minimum absolute atomic E-state index is 0.118. The van der Waals surface area contributed by atoms with Crippen molar-refractivity contribution in [1.29, 1.82) is 0 Å². The summed E-state index contributed by atoms with van der Waals surface area (Å²) in [4.78, 5) is 0. The lowest BCUT2D eigenvalue weighted by molar-refractivity contribution is -0.240. The van der Waals surface area contributed by atoms with Gasteiger partial charge in [-0.15, -0.1) is 0 Å². The lowest BCUT2D eigenvalue weighted by atomic mass is 9.78. The van der Waals surface area contributed by atoms with E-state index in [9.17, 15) is 0 Å². The van der Waals surface area contributed by atoms with Crippen LogP contribution in [0.1, 0.15) is 70.9 Å². The van der Waals surface area contributed by atoms with Crippen molar-refractivity contribution in [2.24, 2.45) is 5.41 Å². The summed E-state index contributed by atoms with van der Waals surface area (Å²) in [5.74, 6) is -0.590. The first kappa shape index (κ1) is 18.9. The van der Waals surface area contributed by atoms with E-state index in [1.807, 2.05) is 0 Å². The molecule has 0 bridgehead atoms. The Kier molecular flexibility index (Phi) is 5.30. The molecule has 3 heteroatoms. The summed E-state index contributed by atoms with van der Waals surface area (Å²) in [5.41, 5.74) is 2.13. The SMILES string of the molecule is Cc1cccc(CC(C)(C)C2(C)OCC(C)(NC3CCCCC3)O2)c1. The van der Waals surface area contributed by atoms with Gasteiger partial charge < -0.3 is 9.47 Å². The van der Waals surface area contributed by atoms with Crippen LogP contribution in [0.25, 0.3) is 0 Å². The molecular weight excluding hydrogens is 310 g/mol. The molecule has 1 aromatic rings. The molecule has 1 heterocycles. The summed E-state index contributed by atoms with van der Waals surface area (Å²) >= 11 is 0. The van der Waals surface area contributed by atoms with Gasteiger partial charge in [-0.05, 0) is 45.6 Å². The zero-order chi connectivity index (χ0) is 18.1. The summed E-state index contributed by atoms with van der Waals surface area (Å²) in [6, 6.07) is 9.30. The van der Waals surface area contributed by atoms with Gasteiger partial charge in [0.05, 0.1) is 6.61 Å². The van der Waals surface area contributed by atoms with Gasteiger partial charge in [0.25, 0.3) is 0 Å². The van der Waals surface area contributed by atoms with Gasteiger partial charge in [0, 0.05) is 11.5 Å². The molecule has 140 valence electrons. The Balaban J connectivity index is 1.68. The Bertz CT molecular complexity index is 593. The molecule has 2 fully saturated rings. The Morgan fingerprint density at radius 2 is 1.88 bits per heavy atom. The molecule has 0 radical (unpaired) electrons. The number of benzene rings is 1. The minimum atomic E-state index is -0.590. The molecule has 1 N–H and O–H groups in total. The van der Waals surface area contributed by atoms with Crippen molar-refractivity contribution in [1.82, 2.24) is 5.32 Å². The summed E-state index contributed by atoms with van der Waals surface area (Å²) in [6.07, 6.45) is 7.46. The first-order valence-electron chi connectivity index (χ1n) is 9.89. The second-order valence-corrected chi connectivity index (χ2v) is 9.10. The fourth-order valence-electron chi connectivity index (χ4n) is 4.34. The predicted octanol–water partition coefficient (Wildman–Crippen LogP) is 4.97. The number of ether oxygens (including phenoxy) is 2. The molecule has 0 amide bonds. The largest absolute Gasteiger partial charge is 0.345 e. The zero-order valence-electron chi connectivity index (χ0n) is 16.7. The van der Waals surface area contributed by atoms with Crippen LogP contribution in [-0.2, 0) is 15.9 Å². The summed E-state index contributed by atoms with van der Waals surface area (Å²) in [5, 5.41) is 3.75. The lowest BCUT2D eigenvalue weighted by Gasteiger charge is -2.42. The van der Waals surface area contributed by atoms with Crippen molar-refractivity contribution in [3.05, 3.63) is 35.4 Å². The van der Waals surface area contributed by atoms with Crippen LogP contribution in [0.4, 0.5) is 0 Å². The Morgan fingerprint density at radius 3 is 2.56 bits per heavy atom. The molecule has 3 rings (SSSR count). The van der Waals surface area contributed by atoms with Gasteiger partial charge in [-0.2, -0.15) is 0 Å². The normalized spacial score (nSPS) is 31.4. The van der Waals surface area contributed by atoms with E-state index < -0.39 is 5.79 Å². The number of nitrogens with one attached hydrogen (secondary N) is 1. The van der Waals surface area contributed by atoms with Crippen LogP contribution in [0.15, 0.2) is 24.3 Å². The van der Waals surface area contributed by atoms with Gasteiger partial charge in [-0.25, -0.2) is 0 Å². The highest BCUT2D eigenvalue weighted by molar-refractivity contribution is 5.23. The maximum atomic E-state index is 6.57. The van der Waals surface area contributed by atoms with Crippen molar-refractivity contribution in [2.75, 3.05) is 6.61 Å². The van der Waals surface area contributed by atoms with Gasteiger partial charge in [-0.3, -0.25) is 5.32 Å². The molecule has 1 aromatic carbocycles. The van der Waals surface area contributed by atoms with Gasteiger partial charge >= 0.3 is 0 Å². The van der Waals surface area contributed by atoms with Crippen LogP contribution in [0.3, 0.4) is 0 Å². The second kappa shape index (κ2) is 7.02. The van der Waals surface area contributed by atoms with Crippen molar-refractivity contribution in [2.45, 2.75) is 90.7 Å². The Morgan fingerprint density at radius 1 is 1.16 bits per heavy atom. The molecule has 0 aromatic heterocycles. The molecule has 2 unspecified atom stereocenters. The Labute approximate surface area is 153 Å². The quantitative estimate of drug-likeness (QED) is 0.818. The summed E-state index contributed by atoms with van der Waals surface area (Å²) in [7, 11) is 0. The zero-order valence-corrected chi connectivity index (χ0v) is 16.7. The maximum absolute atomic E-state index is 6.57. The molecule has 2 atom stereocenters. The molecule has 3 nitrogen and oxygen atoms in total. The number of aryl methyl sites for hydroxylation is 1. The van der Waals surface area contributed by atoms with Crippen molar-refractivity contribution < 1.29 is 9.47 Å². The maximum Gasteiger partial charge on any atom is 0.173 e. The topological polar surface area (TPSA) is 30.5 Å². The highest BCUT2D eigenvalue weighted by Crippen LogP contribution is 2.45. The van der Waals surface area contributed by atoms with E-state index in [4.69, 9.17) is 9.47 Å². The molecule has 1 saturated heterocycles. The lowest BCUT2D eigenvalue weighted by Crippen LogP contribution is -2.53. The average Bonchev–Trinajstić information content (AvgIpc) is 2.85. The monoisotopic (exact) mass is 345 g/mol. The second-order valence-electron chi connectivity index (χ2n) is 9.10. The third kappa shape index (κ3) is 4.27. The summed E-state index contributed by atoms with van der Waals surface area (Å²) < 4.78 is 12.9. The van der Waals surface area contributed by atoms with E-state index in [0.717, 1.165) is 6.42 Å². The molecule has 0 spiro atoms. The highest BCUT2D eigenvalue weighted by atomic mass is 16.8. The van der Waals surface area contributed by atoms with Gasteiger partial charge in [0.15, 0.2) is 5.79 Å². The standard InChI is InChI=1S/C22H35NO2/c1-17-10-9-11-18(14-17)15-20(2,3)22(5)24-16-21(4,25-22)23-19-12-7-6-8-13-19/h9-11,14,19,23H,6-8,12-13,15-16H2,1-5H3. The van der Waals surface area contributed by atoms with E-state index in [1.54, 1.807) is 0 Å². The van der Waals surface area contributed by atoms with Crippen LogP contribution in [0.5, 0.6) is 0 Å². The van der Waals surface area contributed by atoms with Gasteiger partial charge in [0.2, 0.25) is 0 Å². The average molecular weight is 346 g/mol. The third-order valence-corrected chi connectivity index (χ3v) is 6.12. The van der Waals surface area contributed by atoms with Crippen molar-refractivity contribution in [3.8, 4) is 0 Å². The first-order chi connectivity index (χ1) is 11.7. The fraction of sp³-hybridized carbons (Fsp3) is 0.727. The van der Waals surface area contributed by atoms with E-state index in [2.05, 4.69) is 64.2 Å². The number of rotatable bonds is 5. The van der Waals surface area contributed by atoms with Gasteiger partial charge in [-0.1, -0.05) is 62.9 Å². The molecule has 1 saturated carbocycles. The molecular formula is C22H35NO2. The van der Waals surface area contributed by atoms with Crippen LogP contribution >= 0.6 is 0 Å². The van der Waals surface area contributed by atoms with E-state index in [-0.39, 0.29) is 11.1 Å². The van der Waals surface area contributed by atoms with E-state index in [1.165, 1.54) is 43.2 Å². The van der Waals surface area contributed by atoms with Crippen LogP contribution in [0, 0.1) is 12.3 Å². The minimum Gasteiger partial charge on any atom is -0.345 e. The smallest absolute Gasteiger partial charge is 0.173 e. The van der Waals surface area contributed by atoms with Crippen molar-refractivity contribution >= 4 is 0 Å². The summed E-state index contributed by atoms with van der Waals surface area (Å²) in [6.45, 7) is 11.5. The molecule has 1 aliphatic carbocycles. The van der Waals surface area contributed by atoms with E-state index >= 15 is 0 Å². The fourth-order valence-corrected chi connectivity index (χ4v) is 4.34. The predicted molar refractivity (Wildman–Crippen MR) is 103 cm³/mol. The Hall–Kier alpha value is -0.900. The van der Waals surface area contributed by atoms with Crippen LogP contribution < -0.4 is 5.32 Å². The molecule has 25 heavy (non-hydrogen) atoms. The molecule has 2 aliphatic rings. The van der Waals surface area contributed by atoms with Crippen molar-refractivity contribution in [3.63, 3.8) is 0 Å². The van der Waals surface area contributed by atoms with Crippen LogP contribution in [-0.4, -0.2) is 24.2 Å². The number of hydrogen-bond acceptors (Lipinski definition) is 3. The van der Waals surface area contributed by atoms with E-state index in [0.29, 0.717) is 12.6 Å². The number of hydrogen-bond donors (Lipinski definition) is 1. The first-order valence-corrected chi connectivity index (χ1v) is 9.89.